The minimum absolute atomic E-state index is 0.0445. The van der Waals surface area contributed by atoms with Gasteiger partial charge in [-0.1, -0.05) is 6.08 Å². The molecule has 0 saturated carbocycles. The first-order chi connectivity index (χ1) is 8.36. The lowest BCUT2D eigenvalue weighted by atomic mass is 10.4. The topological polar surface area (TPSA) is 66.2 Å². The van der Waals surface area contributed by atoms with E-state index in [9.17, 15) is 0 Å². The van der Waals surface area contributed by atoms with Crippen LogP contribution in [-0.4, -0.2) is 58.4 Å². The number of epoxide rings is 1. The minimum atomic E-state index is -0.0445. The molecule has 1 aliphatic rings. The van der Waals surface area contributed by atoms with Crippen LogP contribution in [0.3, 0.4) is 0 Å². The van der Waals surface area contributed by atoms with Crippen LogP contribution in [0.1, 0.15) is 6.42 Å². The lowest BCUT2D eigenvalue weighted by Crippen LogP contribution is -2.28. The fraction of sp³-hybridized carbons (Fsp3) is 0.833. The van der Waals surface area contributed by atoms with Gasteiger partial charge in [0.25, 0.3) is 0 Å². The van der Waals surface area contributed by atoms with Crippen molar-refractivity contribution in [3.8, 4) is 0 Å². The maximum absolute atomic E-state index is 5.65. The van der Waals surface area contributed by atoms with Gasteiger partial charge in [0, 0.05) is 6.61 Å². The predicted molar refractivity (Wildman–Crippen MR) is 65.0 cm³/mol. The normalized spacial score (nSPS) is 20.2. The molecule has 2 N–H and O–H groups in total. The van der Waals surface area contributed by atoms with Crippen molar-refractivity contribution in [2.75, 3.05) is 46.2 Å². The highest BCUT2D eigenvalue weighted by molar-refractivity contribution is 4.70. The third kappa shape index (κ3) is 8.29. The molecule has 5 heteroatoms. The number of rotatable bonds is 12. The van der Waals surface area contributed by atoms with Gasteiger partial charge in [-0.3, -0.25) is 0 Å². The molecule has 0 spiro atoms. The molecule has 0 bridgehead atoms. The summed E-state index contributed by atoms with van der Waals surface area (Å²) in [5.41, 5.74) is 5.39. The van der Waals surface area contributed by atoms with Crippen molar-refractivity contribution < 1.29 is 18.9 Å². The van der Waals surface area contributed by atoms with E-state index in [0.29, 0.717) is 39.6 Å². The Balaban J connectivity index is 2.07. The average Bonchev–Trinajstić information content (AvgIpc) is 3.15. The second kappa shape index (κ2) is 9.56. The maximum atomic E-state index is 5.65. The van der Waals surface area contributed by atoms with Gasteiger partial charge in [0.15, 0.2) is 0 Å². The Hall–Kier alpha value is -0.460. The third-order valence-corrected chi connectivity index (χ3v) is 2.26. The van der Waals surface area contributed by atoms with E-state index in [-0.39, 0.29) is 12.2 Å². The van der Waals surface area contributed by atoms with Gasteiger partial charge in [0.1, 0.15) is 12.2 Å². The fourth-order valence-electron chi connectivity index (χ4n) is 1.24. The first kappa shape index (κ1) is 14.6. The second-order valence-corrected chi connectivity index (χ2v) is 3.95. The summed E-state index contributed by atoms with van der Waals surface area (Å²) in [6, 6.07) is 0. The summed E-state index contributed by atoms with van der Waals surface area (Å²) in [5.74, 6) is 0. The van der Waals surface area contributed by atoms with Gasteiger partial charge in [-0.25, -0.2) is 0 Å². The molecular formula is C12H23NO4. The molecule has 0 aromatic carbocycles. The molecule has 0 aromatic rings. The molecule has 2 atom stereocenters. The fourth-order valence-corrected chi connectivity index (χ4v) is 1.24. The molecule has 1 rings (SSSR count). The summed E-state index contributed by atoms with van der Waals surface area (Å²) >= 11 is 0. The molecule has 0 amide bonds. The molecule has 0 radical (unpaired) electrons. The van der Waals surface area contributed by atoms with Crippen LogP contribution in [0.4, 0.5) is 0 Å². The number of nitrogens with two attached hydrogens (primary N) is 1. The Morgan fingerprint density at radius 2 is 2.18 bits per heavy atom. The first-order valence-electron chi connectivity index (χ1n) is 6.06. The van der Waals surface area contributed by atoms with E-state index >= 15 is 0 Å². The van der Waals surface area contributed by atoms with Crippen LogP contribution in [-0.2, 0) is 18.9 Å². The predicted octanol–water partition coefficient (Wildman–Crippen LogP) is 0.338. The van der Waals surface area contributed by atoms with Gasteiger partial charge in [0.2, 0.25) is 0 Å². The molecule has 0 aliphatic carbocycles. The third-order valence-electron chi connectivity index (χ3n) is 2.26. The van der Waals surface area contributed by atoms with Gasteiger partial charge in [-0.05, 0) is 13.0 Å². The van der Waals surface area contributed by atoms with Crippen LogP contribution in [0, 0.1) is 0 Å². The molecule has 1 aliphatic heterocycles. The molecule has 17 heavy (non-hydrogen) atoms. The zero-order chi connectivity index (χ0) is 12.3. The van der Waals surface area contributed by atoms with Crippen molar-refractivity contribution in [3.63, 3.8) is 0 Å². The van der Waals surface area contributed by atoms with Gasteiger partial charge in [-0.2, -0.15) is 0 Å². The van der Waals surface area contributed by atoms with Crippen LogP contribution in [0.2, 0.25) is 0 Å². The molecular weight excluding hydrogens is 222 g/mol. The zero-order valence-corrected chi connectivity index (χ0v) is 10.3. The second-order valence-electron chi connectivity index (χ2n) is 3.95. The van der Waals surface area contributed by atoms with Gasteiger partial charge in [-0.15, -0.1) is 6.58 Å². The number of ether oxygens (including phenoxy) is 4. The largest absolute Gasteiger partial charge is 0.379 e. The Morgan fingerprint density at radius 1 is 1.41 bits per heavy atom. The highest BCUT2D eigenvalue weighted by atomic mass is 16.6. The lowest BCUT2D eigenvalue weighted by Gasteiger charge is -2.17. The number of hydrogen-bond acceptors (Lipinski definition) is 5. The summed E-state index contributed by atoms with van der Waals surface area (Å²) in [5, 5.41) is 0. The monoisotopic (exact) mass is 245 g/mol. The Kier molecular flexibility index (Phi) is 8.21. The van der Waals surface area contributed by atoms with E-state index in [4.69, 9.17) is 24.7 Å². The molecule has 5 nitrogen and oxygen atoms in total. The van der Waals surface area contributed by atoms with Crippen molar-refractivity contribution >= 4 is 0 Å². The molecule has 100 valence electrons. The maximum Gasteiger partial charge on any atom is 0.104 e. The van der Waals surface area contributed by atoms with Crippen molar-refractivity contribution in [1.82, 2.24) is 0 Å². The van der Waals surface area contributed by atoms with E-state index in [2.05, 4.69) is 6.58 Å². The zero-order valence-electron chi connectivity index (χ0n) is 10.3. The van der Waals surface area contributed by atoms with Crippen LogP contribution < -0.4 is 5.73 Å². The van der Waals surface area contributed by atoms with E-state index in [0.717, 1.165) is 13.0 Å². The summed E-state index contributed by atoms with van der Waals surface area (Å²) in [6.07, 6.45) is 2.81. The van der Waals surface area contributed by atoms with Crippen molar-refractivity contribution in [2.45, 2.75) is 18.6 Å². The summed E-state index contributed by atoms with van der Waals surface area (Å²) < 4.78 is 21.6. The van der Waals surface area contributed by atoms with Gasteiger partial charge < -0.3 is 24.7 Å². The SMILES string of the molecule is C=CCOCC(COCCCN)OCC1CO1. The van der Waals surface area contributed by atoms with Crippen LogP contribution in [0.15, 0.2) is 12.7 Å². The highest BCUT2D eigenvalue weighted by Crippen LogP contribution is 2.10. The molecule has 1 saturated heterocycles. The summed E-state index contributed by atoms with van der Waals surface area (Å²) in [4.78, 5) is 0. The highest BCUT2D eigenvalue weighted by Gasteiger charge is 2.24. The van der Waals surface area contributed by atoms with Crippen LogP contribution in [0.5, 0.6) is 0 Å². The van der Waals surface area contributed by atoms with Crippen molar-refractivity contribution in [2.24, 2.45) is 5.73 Å². The smallest absolute Gasteiger partial charge is 0.104 e. The van der Waals surface area contributed by atoms with Crippen LogP contribution in [0.25, 0.3) is 0 Å². The lowest BCUT2D eigenvalue weighted by molar-refractivity contribution is -0.0594. The molecule has 1 heterocycles. The standard InChI is InChI=1S/C12H23NO4/c1-2-5-14-7-11(8-15-6-3-4-13)16-9-12-10-17-12/h2,11-12H,1,3-10,13H2. The summed E-state index contributed by atoms with van der Waals surface area (Å²) in [6.45, 7) is 7.90. The molecule has 2 unspecified atom stereocenters. The van der Waals surface area contributed by atoms with E-state index < -0.39 is 0 Å². The average molecular weight is 245 g/mol. The van der Waals surface area contributed by atoms with E-state index in [1.165, 1.54) is 0 Å². The number of hydrogen-bond donors (Lipinski definition) is 1. The quantitative estimate of drug-likeness (QED) is 0.305. The summed E-state index contributed by atoms with van der Waals surface area (Å²) in [7, 11) is 0. The first-order valence-corrected chi connectivity index (χ1v) is 6.06. The minimum Gasteiger partial charge on any atom is -0.379 e. The Bertz CT molecular complexity index is 197. The van der Waals surface area contributed by atoms with Gasteiger partial charge >= 0.3 is 0 Å². The van der Waals surface area contributed by atoms with Crippen molar-refractivity contribution in [3.05, 3.63) is 12.7 Å². The molecule has 1 fully saturated rings. The Labute approximate surface area is 103 Å². The van der Waals surface area contributed by atoms with Crippen molar-refractivity contribution in [1.29, 1.82) is 0 Å². The molecule has 0 aromatic heterocycles. The Morgan fingerprint density at radius 3 is 2.82 bits per heavy atom. The van der Waals surface area contributed by atoms with Crippen LogP contribution >= 0.6 is 0 Å². The van der Waals surface area contributed by atoms with E-state index in [1.54, 1.807) is 6.08 Å². The van der Waals surface area contributed by atoms with E-state index in [1.807, 2.05) is 0 Å². The van der Waals surface area contributed by atoms with Gasteiger partial charge in [0.05, 0.1) is 33.0 Å².